The van der Waals surface area contributed by atoms with Crippen molar-refractivity contribution in [1.82, 2.24) is 0 Å². The van der Waals surface area contributed by atoms with E-state index < -0.39 is 0 Å². The maximum atomic E-state index is 6.41. The average molecular weight is 267 g/mol. The van der Waals surface area contributed by atoms with Gasteiger partial charge in [-0.25, -0.2) is 0 Å². The van der Waals surface area contributed by atoms with Gasteiger partial charge in [-0.3, -0.25) is 0 Å². The maximum absolute atomic E-state index is 6.41. The fraction of sp³-hybridized carbons (Fsp3) is 0.143. The van der Waals surface area contributed by atoms with Crippen molar-refractivity contribution >= 4 is 23.2 Å². The molecule has 0 heterocycles. The van der Waals surface area contributed by atoms with E-state index in [2.05, 4.69) is 0 Å². The number of ether oxygens (including phenoxy) is 1. The van der Waals surface area contributed by atoms with Crippen LogP contribution >= 0.6 is 23.2 Å². The van der Waals surface area contributed by atoms with Crippen LogP contribution in [0, 0.1) is 0 Å². The fourth-order valence-corrected chi connectivity index (χ4v) is 2.03. The summed E-state index contributed by atoms with van der Waals surface area (Å²) in [7, 11) is 1.64. The second kappa shape index (κ2) is 5.44. The zero-order valence-electron chi connectivity index (χ0n) is 9.36. The van der Waals surface area contributed by atoms with Crippen molar-refractivity contribution in [1.29, 1.82) is 0 Å². The van der Waals surface area contributed by atoms with Crippen LogP contribution in [0.1, 0.15) is 16.5 Å². The van der Waals surface area contributed by atoms with Gasteiger partial charge < -0.3 is 4.74 Å². The van der Waals surface area contributed by atoms with Crippen molar-refractivity contribution < 1.29 is 4.74 Å². The summed E-state index contributed by atoms with van der Waals surface area (Å²) >= 11 is 12.3. The number of rotatable bonds is 3. The number of hydrogen-bond acceptors (Lipinski definition) is 1. The maximum Gasteiger partial charge on any atom is 0.119 e. The van der Waals surface area contributed by atoms with Crippen LogP contribution in [0.2, 0.25) is 5.02 Å². The van der Waals surface area contributed by atoms with Crippen molar-refractivity contribution in [2.45, 2.75) is 5.38 Å². The monoisotopic (exact) mass is 266 g/mol. The molecule has 88 valence electrons. The molecule has 0 aliphatic heterocycles. The smallest absolute Gasteiger partial charge is 0.119 e. The summed E-state index contributed by atoms with van der Waals surface area (Å²) in [5, 5.41) is 0.519. The molecule has 1 atom stereocenters. The van der Waals surface area contributed by atoms with Gasteiger partial charge in [-0.1, -0.05) is 35.9 Å². The molecule has 0 aromatic heterocycles. The highest BCUT2D eigenvalue weighted by molar-refractivity contribution is 6.30. The lowest BCUT2D eigenvalue weighted by Crippen LogP contribution is -1.93. The molecule has 0 amide bonds. The highest BCUT2D eigenvalue weighted by Gasteiger charge is 2.11. The van der Waals surface area contributed by atoms with E-state index in [0.717, 1.165) is 16.9 Å². The topological polar surface area (TPSA) is 9.23 Å². The van der Waals surface area contributed by atoms with Gasteiger partial charge in [-0.2, -0.15) is 0 Å². The van der Waals surface area contributed by atoms with Crippen LogP contribution < -0.4 is 4.74 Å². The molecule has 0 fully saturated rings. The van der Waals surface area contributed by atoms with Crippen molar-refractivity contribution in [3.8, 4) is 5.75 Å². The third-order valence-corrected chi connectivity index (χ3v) is 3.31. The predicted octanol–water partition coefficient (Wildman–Crippen LogP) is 4.68. The highest BCUT2D eigenvalue weighted by Crippen LogP contribution is 2.31. The van der Waals surface area contributed by atoms with E-state index in [1.165, 1.54) is 0 Å². The SMILES string of the molecule is COc1cccc(C(Cl)c2ccc(Cl)cc2)c1. The number of halogens is 2. The summed E-state index contributed by atoms with van der Waals surface area (Å²) < 4.78 is 5.18. The van der Waals surface area contributed by atoms with Crippen molar-refractivity contribution in [2.75, 3.05) is 7.11 Å². The lowest BCUT2D eigenvalue weighted by molar-refractivity contribution is 0.414. The van der Waals surface area contributed by atoms with E-state index >= 15 is 0 Å². The first kappa shape index (κ1) is 12.3. The Morgan fingerprint density at radius 1 is 1.00 bits per heavy atom. The lowest BCUT2D eigenvalue weighted by Gasteiger charge is -2.11. The van der Waals surface area contributed by atoms with Gasteiger partial charge in [0, 0.05) is 5.02 Å². The molecule has 0 saturated carbocycles. The highest BCUT2D eigenvalue weighted by atomic mass is 35.5. The molecule has 2 aromatic rings. The van der Waals surface area contributed by atoms with Crippen LogP contribution in [-0.2, 0) is 0 Å². The number of methoxy groups -OCH3 is 1. The Balaban J connectivity index is 2.29. The van der Waals surface area contributed by atoms with E-state index in [0.29, 0.717) is 5.02 Å². The normalized spacial score (nSPS) is 12.2. The first-order valence-electron chi connectivity index (χ1n) is 5.24. The summed E-state index contributed by atoms with van der Waals surface area (Å²) in [6.45, 7) is 0. The minimum atomic E-state index is -0.192. The lowest BCUT2D eigenvalue weighted by atomic mass is 10.0. The summed E-state index contributed by atoms with van der Waals surface area (Å²) in [6, 6.07) is 15.3. The molecule has 3 heteroatoms. The van der Waals surface area contributed by atoms with E-state index in [1.54, 1.807) is 7.11 Å². The van der Waals surface area contributed by atoms with Gasteiger partial charge >= 0.3 is 0 Å². The van der Waals surface area contributed by atoms with Crippen LogP contribution in [0.3, 0.4) is 0 Å². The van der Waals surface area contributed by atoms with Crippen molar-refractivity contribution in [2.24, 2.45) is 0 Å². The molecule has 1 nitrogen and oxygen atoms in total. The number of hydrogen-bond donors (Lipinski definition) is 0. The average Bonchev–Trinajstić information content (AvgIpc) is 2.39. The molecule has 0 saturated heterocycles. The summed E-state index contributed by atoms with van der Waals surface area (Å²) in [4.78, 5) is 0. The molecule has 0 bridgehead atoms. The molecule has 2 aromatic carbocycles. The molecule has 0 radical (unpaired) electrons. The summed E-state index contributed by atoms with van der Waals surface area (Å²) in [5.41, 5.74) is 2.03. The molecular weight excluding hydrogens is 255 g/mol. The van der Waals surface area contributed by atoms with Gasteiger partial charge in [0.1, 0.15) is 5.75 Å². The Labute approximate surface area is 111 Å². The Morgan fingerprint density at radius 3 is 2.35 bits per heavy atom. The molecule has 2 rings (SSSR count). The van der Waals surface area contributed by atoms with Crippen LogP contribution in [0.5, 0.6) is 5.75 Å². The van der Waals surface area contributed by atoms with Gasteiger partial charge in [0.05, 0.1) is 12.5 Å². The largest absolute Gasteiger partial charge is 0.497 e. The van der Waals surface area contributed by atoms with Gasteiger partial charge in [0.25, 0.3) is 0 Å². The number of benzene rings is 2. The van der Waals surface area contributed by atoms with Gasteiger partial charge in [0.2, 0.25) is 0 Å². The molecular formula is C14H12Cl2O. The van der Waals surface area contributed by atoms with Gasteiger partial charge in [-0.15, -0.1) is 11.6 Å². The van der Waals surface area contributed by atoms with E-state index in [-0.39, 0.29) is 5.38 Å². The van der Waals surface area contributed by atoms with Crippen LogP contribution in [0.4, 0.5) is 0 Å². The van der Waals surface area contributed by atoms with E-state index in [9.17, 15) is 0 Å². The zero-order chi connectivity index (χ0) is 12.3. The standard InChI is InChI=1S/C14H12Cl2O/c1-17-13-4-2-3-11(9-13)14(16)10-5-7-12(15)8-6-10/h2-9,14H,1H3. The molecule has 0 N–H and O–H groups in total. The third-order valence-electron chi connectivity index (χ3n) is 2.55. The van der Waals surface area contributed by atoms with Crippen molar-refractivity contribution in [3.05, 3.63) is 64.7 Å². The minimum absolute atomic E-state index is 0.192. The van der Waals surface area contributed by atoms with E-state index in [4.69, 9.17) is 27.9 Å². The zero-order valence-corrected chi connectivity index (χ0v) is 10.9. The molecule has 0 spiro atoms. The van der Waals surface area contributed by atoms with Gasteiger partial charge in [-0.05, 0) is 35.4 Å². The molecule has 1 unspecified atom stereocenters. The molecule has 17 heavy (non-hydrogen) atoms. The Bertz CT molecular complexity index is 494. The second-order valence-corrected chi connectivity index (χ2v) is 4.56. The van der Waals surface area contributed by atoms with E-state index in [1.807, 2.05) is 48.5 Å². The quantitative estimate of drug-likeness (QED) is 0.734. The van der Waals surface area contributed by atoms with Crippen molar-refractivity contribution in [3.63, 3.8) is 0 Å². The van der Waals surface area contributed by atoms with Crippen LogP contribution in [0.25, 0.3) is 0 Å². The Kier molecular flexibility index (Phi) is 3.93. The predicted molar refractivity (Wildman–Crippen MR) is 72.1 cm³/mol. The summed E-state index contributed by atoms with van der Waals surface area (Å²) in [5.74, 6) is 0.808. The van der Waals surface area contributed by atoms with Gasteiger partial charge in [0.15, 0.2) is 0 Å². The second-order valence-electron chi connectivity index (χ2n) is 3.69. The third kappa shape index (κ3) is 2.93. The first-order valence-corrected chi connectivity index (χ1v) is 6.05. The molecule has 0 aliphatic carbocycles. The molecule has 0 aliphatic rings. The number of alkyl halides is 1. The minimum Gasteiger partial charge on any atom is -0.497 e. The first-order chi connectivity index (χ1) is 8.20. The van der Waals surface area contributed by atoms with Crippen LogP contribution in [-0.4, -0.2) is 7.11 Å². The van der Waals surface area contributed by atoms with Crippen LogP contribution in [0.15, 0.2) is 48.5 Å². The summed E-state index contributed by atoms with van der Waals surface area (Å²) in [6.07, 6.45) is 0. The Hall–Kier alpha value is -1.18. The Morgan fingerprint density at radius 2 is 1.71 bits per heavy atom. The fourth-order valence-electron chi connectivity index (χ4n) is 1.62.